The first-order valence-corrected chi connectivity index (χ1v) is 10.3. The molecule has 0 unspecified atom stereocenters. The molecule has 0 N–H and O–H groups in total. The topological polar surface area (TPSA) is 77.5 Å². The Kier molecular flexibility index (Phi) is 3.45. The fourth-order valence-corrected chi connectivity index (χ4v) is 6.11. The van der Waals surface area contributed by atoms with Crippen LogP contribution in [0.15, 0.2) is 72.8 Å². The number of benzene rings is 3. The van der Waals surface area contributed by atoms with Crippen molar-refractivity contribution in [3.05, 3.63) is 101 Å². The standard InChI is InChI=1S/C26H19NO4/c1-26-21-18-8-4-2-6-16(18)20(17-7-3-5-9-19(17)21)22(26)23(28)27(25(26)31)15-12-10-14(11-13-15)24(29)30/h2-13,20-22H,1H3,(H,29,30)/p-1/t20?,21?,22-,26+/m0/s1. The van der Waals surface area contributed by atoms with Crippen molar-refractivity contribution in [1.29, 1.82) is 0 Å². The quantitative estimate of drug-likeness (QED) is 0.611. The molecule has 5 nitrogen and oxygen atoms in total. The lowest BCUT2D eigenvalue weighted by Gasteiger charge is -2.51. The lowest BCUT2D eigenvalue weighted by Crippen LogP contribution is -2.49. The summed E-state index contributed by atoms with van der Waals surface area (Å²) < 4.78 is 0. The number of imide groups is 1. The molecule has 7 rings (SSSR count). The SMILES string of the molecule is C[C@]12C(=O)N(c3ccc(C(=O)[O-])cc3)C(=O)[C@@H]1C1c3ccccc3C2c2ccccc21. The highest BCUT2D eigenvalue weighted by Crippen LogP contribution is 2.67. The van der Waals surface area contributed by atoms with Crippen LogP contribution >= 0.6 is 0 Å². The average molecular weight is 408 g/mol. The molecule has 2 bridgehead atoms. The Morgan fingerprint density at radius 3 is 1.87 bits per heavy atom. The van der Waals surface area contributed by atoms with Crippen LogP contribution in [-0.4, -0.2) is 17.8 Å². The van der Waals surface area contributed by atoms with E-state index in [0.717, 1.165) is 22.3 Å². The van der Waals surface area contributed by atoms with Gasteiger partial charge in [-0.2, -0.15) is 0 Å². The predicted octanol–water partition coefficient (Wildman–Crippen LogP) is 2.84. The summed E-state index contributed by atoms with van der Waals surface area (Å²) in [5.74, 6) is -2.66. The van der Waals surface area contributed by atoms with E-state index in [1.165, 1.54) is 29.2 Å². The molecule has 152 valence electrons. The molecule has 1 fully saturated rings. The second-order valence-electron chi connectivity index (χ2n) is 8.74. The van der Waals surface area contributed by atoms with Crippen molar-refractivity contribution in [2.75, 3.05) is 4.90 Å². The van der Waals surface area contributed by atoms with Crippen LogP contribution in [0.5, 0.6) is 0 Å². The third-order valence-electron chi connectivity index (χ3n) is 7.37. The summed E-state index contributed by atoms with van der Waals surface area (Å²) in [4.78, 5) is 40.0. The predicted molar refractivity (Wildman–Crippen MR) is 111 cm³/mol. The summed E-state index contributed by atoms with van der Waals surface area (Å²) in [7, 11) is 0. The minimum atomic E-state index is -1.30. The van der Waals surface area contributed by atoms with Gasteiger partial charge in [-0.3, -0.25) is 9.59 Å². The maximum absolute atomic E-state index is 13.9. The van der Waals surface area contributed by atoms with Crippen LogP contribution in [0.4, 0.5) is 5.69 Å². The van der Waals surface area contributed by atoms with Crippen LogP contribution in [0, 0.1) is 11.3 Å². The number of carboxylic acid groups (broad SMARTS) is 1. The van der Waals surface area contributed by atoms with E-state index in [9.17, 15) is 19.5 Å². The molecule has 0 saturated carbocycles. The third-order valence-corrected chi connectivity index (χ3v) is 7.37. The van der Waals surface area contributed by atoms with E-state index in [0.29, 0.717) is 5.69 Å². The summed E-state index contributed by atoms with van der Waals surface area (Å²) in [6.07, 6.45) is 0. The fourth-order valence-electron chi connectivity index (χ4n) is 6.11. The number of rotatable bonds is 2. The number of nitrogens with zero attached hydrogens (tertiary/aromatic N) is 1. The zero-order valence-corrected chi connectivity index (χ0v) is 16.7. The van der Waals surface area contributed by atoms with E-state index in [2.05, 4.69) is 24.3 Å². The molecule has 31 heavy (non-hydrogen) atoms. The van der Waals surface area contributed by atoms with Gasteiger partial charge in [0.2, 0.25) is 11.8 Å². The van der Waals surface area contributed by atoms with E-state index in [4.69, 9.17) is 0 Å². The van der Waals surface area contributed by atoms with Crippen molar-refractivity contribution in [1.82, 2.24) is 0 Å². The second-order valence-corrected chi connectivity index (χ2v) is 8.74. The Hall–Kier alpha value is -3.73. The maximum Gasteiger partial charge on any atom is 0.241 e. The van der Waals surface area contributed by atoms with E-state index in [-0.39, 0.29) is 29.2 Å². The zero-order chi connectivity index (χ0) is 21.5. The Bertz CT molecular complexity index is 1250. The van der Waals surface area contributed by atoms with E-state index in [1.54, 1.807) is 0 Å². The zero-order valence-electron chi connectivity index (χ0n) is 16.7. The minimum absolute atomic E-state index is 0.00588. The van der Waals surface area contributed by atoms with Crippen molar-refractivity contribution in [2.45, 2.75) is 18.8 Å². The number of hydrogen-bond donors (Lipinski definition) is 0. The van der Waals surface area contributed by atoms with Gasteiger partial charge in [0.25, 0.3) is 0 Å². The highest BCUT2D eigenvalue weighted by atomic mass is 16.4. The minimum Gasteiger partial charge on any atom is -0.545 e. The molecule has 1 aliphatic heterocycles. The van der Waals surface area contributed by atoms with Crippen LogP contribution in [0.25, 0.3) is 0 Å². The van der Waals surface area contributed by atoms with Crippen LogP contribution in [-0.2, 0) is 9.59 Å². The van der Waals surface area contributed by atoms with Gasteiger partial charge < -0.3 is 9.90 Å². The average Bonchev–Trinajstić information content (AvgIpc) is 2.99. The summed E-state index contributed by atoms with van der Waals surface area (Å²) in [5.41, 5.74) is 3.94. The lowest BCUT2D eigenvalue weighted by atomic mass is 9.48. The number of anilines is 1. The Morgan fingerprint density at radius 2 is 1.35 bits per heavy atom. The molecular weight excluding hydrogens is 390 g/mol. The lowest BCUT2D eigenvalue weighted by molar-refractivity contribution is -0.255. The highest BCUT2D eigenvalue weighted by molar-refractivity contribution is 6.25. The number of carbonyl (C=O) groups excluding carboxylic acids is 3. The molecule has 4 aliphatic rings. The van der Waals surface area contributed by atoms with E-state index < -0.39 is 17.3 Å². The summed E-state index contributed by atoms with van der Waals surface area (Å²) in [6.45, 7) is 1.91. The Labute approximate surface area is 178 Å². The van der Waals surface area contributed by atoms with Crippen molar-refractivity contribution < 1.29 is 19.5 Å². The largest absolute Gasteiger partial charge is 0.545 e. The molecule has 1 saturated heterocycles. The van der Waals surface area contributed by atoms with Gasteiger partial charge in [-0.25, -0.2) is 4.90 Å². The van der Waals surface area contributed by atoms with Gasteiger partial charge in [0, 0.05) is 11.8 Å². The van der Waals surface area contributed by atoms with Crippen molar-refractivity contribution in [3.63, 3.8) is 0 Å². The molecule has 5 heteroatoms. The van der Waals surface area contributed by atoms with Crippen LogP contribution in [0.3, 0.4) is 0 Å². The fraction of sp³-hybridized carbons (Fsp3) is 0.192. The van der Waals surface area contributed by atoms with Gasteiger partial charge in [-0.15, -0.1) is 0 Å². The smallest absolute Gasteiger partial charge is 0.241 e. The Morgan fingerprint density at radius 1 is 0.839 bits per heavy atom. The van der Waals surface area contributed by atoms with Crippen molar-refractivity contribution in [2.24, 2.45) is 11.3 Å². The number of carbonyl (C=O) groups is 3. The first-order valence-electron chi connectivity index (χ1n) is 10.3. The second kappa shape index (κ2) is 5.91. The van der Waals surface area contributed by atoms with Gasteiger partial charge in [0.15, 0.2) is 0 Å². The molecular formula is C26H18NO4-. The van der Waals surface area contributed by atoms with E-state index in [1.807, 2.05) is 31.2 Å². The monoisotopic (exact) mass is 408 g/mol. The van der Waals surface area contributed by atoms with Crippen molar-refractivity contribution >= 4 is 23.5 Å². The van der Waals surface area contributed by atoms with Gasteiger partial charge >= 0.3 is 0 Å². The van der Waals surface area contributed by atoms with Crippen molar-refractivity contribution in [3.8, 4) is 0 Å². The number of carboxylic acids is 1. The van der Waals surface area contributed by atoms with E-state index >= 15 is 0 Å². The Balaban J connectivity index is 1.56. The van der Waals surface area contributed by atoms with Crippen LogP contribution in [0.2, 0.25) is 0 Å². The van der Waals surface area contributed by atoms with Gasteiger partial charge in [-0.1, -0.05) is 60.7 Å². The summed E-state index contributed by atoms with van der Waals surface area (Å²) >= 11 is 0. The maximum atomic E-state index is 13.9. The number of hydrogen-bond acceptors (Lipinski definition) is 4. The molecule has 0 aromatic heterocycles. The molecule has 1 heterocycles. The molecule has 3 aliphatic carbocycles. The van der Waals surface area contributed by atoms with Crippen LogP contribution < -0.4 is 10.0 Å². The van der Waals surface area contributed by atoms with Gasteiger partial charge in [0.1, 0.15) is 0 Å². The normalized spacial score (nSPS) is 27.6. The number of aromatic carboxylic acids is 1. The molecule has 0 radical (unpaired) electrons. The third kappa shape index (κ3) is 2.08. The molecule has 2 atom stereocenters. The highest BCUT2D eigenvalue weighted by Gasteiger charge is 2.68. The molecule has 0 spiro atoms. The number of amides is 2. The van der Waals surface area contributed by atoms with Gasteiger partial charge in [0.05, 0.1) is 23.0 Å². The summed E-state index contributed by atoms with van der Waals surface area (Å²) in [5, 5.41) is 11.1. The first kappa shape index (κ1) is 18.1. The molecule has 3 aromatic rings. The van der Waals surface area contributed by atoms with Crippen LogP contribution in [0.1, 0.15) is 51.4 Å². The molecule has 3 aromatic carbocycles. The first-order chi connectivity index (χ1) is 14.9. The van der Waals surface area contributed by atoms with Gasteiger partial charge in [-0.05, 0) is 46.9 Å². The molecule has 2 amide bonds. The summed E-state index contributed by atoms with van der Waals surface area (Å²) in [6, 6.07) is 22.0.